The molecule has 3 heterocycles. The van der Waals surface area contributed by atoms with Crippen LogP contribution in [-0.2, 0) is 10.5 Å². The van der Waals surface area contributed by atoms with Crippen LogP contribution in [0.25, 0.3) is 5.65 Å². The van der Waals surface area contributed by atoms with E-state index in [-0.39, 0.29) is 11.2 Å². The zero-order chi connectivity index (χ0) is 16.4. The number of nitrogens with zero attached hydrogens (tertiary/aromatic N) is 5. The summed E-state index contributed by atoms with van der Waals surface area (Å²) in [6, 6.07) is 1.93. The number of carbonyl (C=O) groups is 1. The van der Waals surface area contributed by atoms with Gasteiger partial charge < -0.3 is 4.74 Å². The molecule has 11 heteroatoms. The molecule has 0 fully saturated rings. The van der Waals surface area contributed by atoms with Crippen molar-refractivity contribution in [2.45, 2.75) is 10.9 Å². The van der Waals surface area contributed by atoms with E-state index in [0.29, 0.717) is 21.3 Å². The molecule has 0 saturated carbocycles. The molecule has 23 heavy (non-hydrogen) atoms. The maximum Gasteiger partial charge on any atom is 0.350 e. The first kappa shape index (κ1) is 15.2. The molecule has 0 unspecified atom stereocenters. The van der Waals surface area contributed by atoms with Gasteiger partial charge in [-0.1, -0.05) is 11.8 Å². The Morgan fingerprint density at radius 1 is 1.57 bits per heavy atom. The average molecular weight is 348 g/mol. The van der Waals surface area contributed by atoms with Gasteiger partial charge in [-0.3, -0.25) is 4.98 Å². The Morgan fingerprint density at radius 2 is 2.39 bits per heavy atom. The van der Waals surface area contributed by atoms with Crippen LogP contribution in [0.3, 0.4) is 0 Å². The van der Waals surface area contributed by atoms with Gasteiger partial charge in [0, 0.05) is 17.5 Å². The van der Waals surface area contributed by atoms with E-state index >= 15 is 0 Å². The van der Waals surface area contributed by atoms with E-state index in [1.807, 2.05) is 6.07 Å². The van der Waals surface area contributed by atoms with Crippen LogP contribution in [0.5, 0.6) is 0 Å². The highest BCUT2D eigenvalue weighted by Gasteiger charge is 2.16. The lowest BCUT2D eigenvalue weighted by atomic mass is 10.3. The highest BCUT2D eigenvalue weighted by Crippen LogP contribution is 2.24. The van der Waals surface area contributed by atoms with Crippen molar-refractivity contribution in [1.82, 2.24) is 24.0 Å². The van der Waals surface area contributed by atoms with Crippen LogP contribution >= 0.6 is 23.3 Å². The summed E-state index contributed by atoms with van der Waals surface area (Å²) in [5.41, 5.74) is 0.597. The largest absolute Gasteiger partial charge is 0.465 e. The quantitative estimate of drug-likeness (QED) is 0.542. The number of fused-ring (bicyclic) bond motifs is 1. The highest BCUT2D eigenvalue weighted by molar-refractivity contribution is 7.98. The molecule has 0 bridgehead atoms. The summed E-state index contributed by atoms with van der Waals surface area (Å²) in [5, 5.41) is 13.1. The van der Waals surface area contributed by atoms with Crippen molar-refractivity contribution in [3.8, 4) is 6.07 Å². The van der Waals surface area contributed by atoms with E-state index in [1.54, 1.807) is 6.20 Å². The van der Waals surface area contributed by atoms with Gasteiger partial charge in [-0.2, -0.15) is 19.2 Å². The smallest absolute Gasteiger partial charge is 0.350 e. The molecule has 0 aromatic carbocycles. The minimum absolute atomic E-state index is 0.190. The van der Waals surface area contributed by atoms with Crippen molar-refractivity contribution < 1.29 is 9.53 Å². The molecule has 0 amide bonds. The van der Waals surface area contributed by atoms with Crippen molar-refractivity contribution in [3.63, 3.8) is 0 Å². The van der Waals surface area contributed by atoms with Crippen molar-refractivity contribution in [2.75, 3.05) is 7.11 Å². The number of methoxy groups -OCH3 is 1. The van der Waals surface area contributed by atoms with E-state index in [1.165, 1.54) is 25.1 Å². The van der Waals surface area contributed by atoms with Crippen LogP contribution in [0.4, 0.5) is 0 Å². The van der Waals surface area contributed by atoms with Gasteiger partial charge in [-0.25, -0.2) is 14.6 Å². The van der Waals surface area contributed by atoms with Gasteiger partial charge in [0.25, 0.3) is 0 Å². The van der Waals surface area contributed by atoms with Gasteiger partial charge >= 0.3 is 11.7 Å². The number of aromatic nitrogens is 5. The van der Waals surface area contributed by atoms with Crippen LogP contribution in [0.1, 0.15) is 20.8 Å². The van der Waals surface area contributed by atoms with Gasteiger partial charge in [-0.15, -0.1) is 0 Å². The molecular formula is C12H8N6O3S2. The third-order valence-electron chi connectivity index (χ3n) is 2.86. The monoisotopic (exact) mass is 348 g/mol. The number of hydrogen-bond acceptors (Lipinski definition) is 9. The molecule has 1 N–H and O–H groups in total. The minimum atomic E-state index is -0.490. The Hall–Kier alpha value is -2.71. The van der Waals surface area contributed by atoms with Crippen LogP contribution < -0.4 is 5.69 Å². The summed E-state index contributed by atoms with van der Waals surface area (Å²) in [4.78, 5) is 30.7. The Balaban J connectivity index is 1.88. The first-order valence-corrected chi connectivity index (χ1v) is 7.92. The molecule has 0 saturated heterocycles. The summed E-state index contributed by atoms with van der Waals surface area (Å²) in [7, 11) is 1.30. The molecule has 0 aliphatic rings. The number of carbonyl (C=O) groups excluding carboxylic acids is 1. The summed E-state index contributed by atoms with van der Waals surface area (Å²) in [5.74, 6) is -0.0849. The lowest BCUT2D eigenvalue weighted by molar-refractivity contribution is 0.0605. The fourth-order valence-corrected chi connectivity index (χ4v) is 3.38. The van der Waals surface area contributed by atoms with Crippen LogP contribution in [0.2, 0.25) is 0 Å². The predicted octanol–water partition coefficient (Wildman–Crippen LogP) is 0.825. The fourth-order valence-electron chi connectivity index (χ4n) is 1.78. The number of nitrogens with one attached hydrogen (secondary N) is 1. The van der Waals surface area contributed by atoms with E-state index in [4.69, 9.17) is 5.26 Å². The number of ether oxygens (including phenoxy) is 1. The zero-order valence-corrected chi connectivity index (χ0v) is 13.3. The van der Waals surface area contributed by atoms with Gasteiger partial charge in [0.2, 0.25) is 0 Å². The topological polar surface area (TPSA) is 126 Å². The van der Waals surface area contributed by atoms with Gasteiger partial charge in [0.1, 0.15) is 16.5 Å². The molecule has 0 atom stereocenters. The van der Waals surface area contributed by atoms with Crippen LogP contribution in [0.15, 0.2) is 22.3 Å². The summed E-state index contributed by atoms with van der Waals surface area (Å²) >= 11 is 2.26. The number of thioether (sulfide) groups is 1. The molecule has 3 rings (SSSR count). The molecular weight excluding hydrogens is 340 g/mol. The second-order valence-corrected chi connectivity index (χ2v) is 5.98. The van der Waals surface area contributed by atoms with E-state index in [9.17, 15) is 9.59 Å². The Kier molecular flexibility index (Phi) is 4.09. The molecule has 0 aliphatic heterocycles. The molecule has 0 spiro atoms. The number of aromatic amines is 1. The molecule has 0 radical (unpaired) electrons. The normalized spacial score (nSPS) is 10.6. The minimum Gasteiger partial charge on any atom is -0.465 e. The van der Waals surface area contributed by atoms with Gasteiger partial charge in [0.05, 0.1) is 13.3 Å². The summed E-state index contributed by atoms with van der Waals surface area (Å²) in [6.07, 6.45) is 2.85. The first-order valence-electron chi connectivity index (χ1n) is 6.17. The summed E-state index contributed by atoms with van der Waals surface area (Å²) < 4.78 is 9.68. The predicted molar refractivity (Wildman–Crippen MR) is 81.3 cm³/mol. The molecule has 9 nitrogen and oxygen atoms in total. The van der Waals surface area contributed by atoms with Crippen LogP contribution in [-0.4, -0.2) is 37.0 Å². The van der Waals surface area contributed by atoms with Crippen molar-refractivity contribution in [1.29, 1.82) is 5.26 Å². The van der Waals surface area contributed by atoms with Crippen molar-refractivity contribution in [2.24, 2.45) is 0 Å². The molecule has 0 aliphatic carbocycles. The van der Waals surface area contributed by atoms with Crippen molar-refractivity contribution in [3.05, 3.63) is 38.9 Å². The van der Waals surface area contributed by atoms with Gasteiger partial charge in [-0.05, 0) is 11.5 Å². The van der Waals surface area contributed by atoms with Gasteiger partial charge in [0.15, 0.2) is 10.8 Å². The van der Waals surface area contributed by atoms with Crippen molar-refractivity contribution >= 4 is 34.9 Å². The molecule has 3 aromatic rings. The molecule has 116 valence electrons. The SMILES string of the molecule is COC(=O)c1sncc1CSc1nc2c(C#N)cnn2c(=O)[nH]1. The second-order valence-electron chi connectivity index (χ2n) is 4.21. The standard InChI is InChI=1S/C12H8N6O3S2/c1-21-10(19)8-7(4-15-23-8)5-22-11-16-9-6(2-13)3-14-18(9)12(20)17-11/h3-4H,5H2,1H3,(H,16,17,20). The fraction of sp³-hybridized carbons (Fsp3) is 0.167. The average Bonchev–Trinajstić information content (AvgIpc) is 3.18. The number of esters is 1. The maximum absolute atomic E-state index is 11.9. The number of hydrogen-bond donors (Lipinski definition) is 1. The lowest BCUT2D eigenvalue weighted by Gasteiger charge is -2.02. The lowest BCUT2D eigenvalue weighted by Crippen LogP contribution is -2.19. The third-order valence-corrected chi connectivity index (χ3v) is 4.60. The summed E-state index contributed by atoms with van der Waals surface area (Å²) in [6.45, 7) is 0. The molecule has 3 aromatic heterocycles. The Morgan fingerprint density at radius 3 is 3.13 bits per heavy atom. The highest BCUT2D eigenvalue weighted by atomic mass is 32.2. The number of nitriles is 1. The van der Waals surface area contributed by atoms with E-state index in [2.05, 4.69) is 24.2 Å². The second kappa shape index (κ2) is 6.19. The zero-order valence-electron chi connectivity index (χ0n) is 11.6. The Bertz CT molecular complexity index is 983. The van der Waals surface area contributed by atoms with Crippen LogP contribution in [0, 0.1) is 11.3 Å². The number of rotatable bonds is 4. The maximum atomic E-state index is 11.9. The first-order chi connectivity index (χ1) is 11.1. The van der Waals surface area contributed by atoms with E-state index < -0.39 is 11.7 Å². The van der Waals surface area contributed by atoms with E-state index in [0.717, 1.165) is 16.0 Å². The third kappa shape index (κ3) is 2.81. The Labute approximate surface area is 137 Å². The number of H-pyrrole nitrogens is 1.